The normalized spacial score (nSPS) is 21.4. The molecule has 1 N–H and O–H groups in total. The number of hydrogen-bond acceptors (Lipinski definition) is 5. The molecule has 0 spiro atoms. The van der Waals surface area contributed by atoms with E-state index in [1.54, 1.807) is 18.2 Å². The summed E-state index contributed by atoms with van der Waals surface area (Å²) in [6.07, 6.45) is 6.14. The molecular weight excluding hydrogens is 398 g/mol. The van der Waals surface area contributed by atoms with E-state index in [0.717, 1.165) is 5.11 Å². The highest BCUT2D eigenvalue weighted by Crippen LogP contribution is 2.33. The van der Waals surface area contributed by atoms with E-state index in [9.17, 15) is 8.42 Å². The summed E-state index contributed by atoms with van der Waals surface area (Å²) < 4.78 is 38.6. The summed E-state index contributed by atoms with van der Waals surface area (Å²) >= 11 is 5.56. The number of fused-ring (bicyclic) bond motifs is 1. The molecule has 0 bridgehead atoms. The molecule has 0 aromatic heterocycles. The highest BCUT2D eigenvalue weighted by Gasteiger charge is 2.30. The molecule has 4 rings (SSSR count). The molecule has 9 heteroatoms. The van der Waals surface area contributed by atoms with Gasteiger partial charge in [0.25, 0.3) is 0 Å². The van der Waals surface area contributed by atoms with Crippen LogP contribution in [0.1, 0.15) is 32.1 Å². The molecule has 1 aromatic carbocycles. The van der Waals surface area contributed by atoms with E-state index in [1.165, 1.54) is 36.4 Å². The predicted molar refractivity (Wildman–Crippen MR) is 110 cm³/mol. The van der Waals surface area contributed by atoms with Crippen molar-refractivity contribution in [3.63, 3.8) is 0 Å². The second-order valence-electron chi connectivity index (χ2n) is 7.48. The molecule has 0 atom stereocenters. The summed E-state index contributed by atoms with van der Waals surface area (Å²) in [5.74, 6) is 1.08. The monoisotopic (exact) mass is 425 g/mol. The zero-order valence-corrected chi connectivity index (χ0v) is 17.6. The number of piperazine rings is 1. The number of benzene rings is 1. The van der Waals surface area contributed by atoms with Gasteiger partial charge in [-0.2, -0.15) is 4.31 Å². The second-order valence-corrected chi connectivity index (χ2v) is 9.81. The standard InChI is InChI=1S/C19H27N3O4S2/c23-28(24,16-6-7-17-18(14-16)26-13-12-25-17)22-10-8-21(9-11-22)19(27)20-15-4-2-1-3-5-15/h6-7,14-15H,1-5,8-13H2,(H,20,27). The molecular formula is C19H27N3O4S2. The zero-order chi connectivity index (χ0) is 19.6. The van der Waals surface area contributed by atoms with Crippen molar-refractivity contribution in [2.75, 3.05) is 39.4 Å². The lowest BCUT2D eigenvalue weighted by Gasteiger charge is -2.37. The Morgan fingerprint density at radius 1 is 1.00 bits per heavy atom. The number of nitrogens with one attached hydrogen (secondary N) is 1. The first-order chi connectivity index (χ1) is 13.5. The molecule has 1 saturated carbocycles. The van der Waals surface area contributed by atoms with E-state index in [0.29, 0.717) is 56.9 Å². The summed E-state index contributed by atoms with van der Waals surface area (Å²) in [4.78, 5) is 2.33. The van der Waals surface area contributed by atoms with E-state index in [-0.39, 0.29) is 4.90 Å². The van der Waals surface area contributed by atoms with Crippen LogP contribution >= 0.6 is 12.2 Å². The van der Waals surface area contributed by atoms with Crippen molar-refractivity contribution < 1.29 is 17.9 Å². The van der Waals surface area contributed by atoms with Gasteiger partial charge in [-0.05, 0) is 37.2 Å². The first-order valence-electron chi connectivity index (χ1n) is 9.99. The van der Waals surface area contributed by atoms with Gasteiger partial charge < -0.3 is 19.7 Å². The van der Waals surface area contributed by atoms with Gasteiger partial charge in [-0.25, -0.2) is 8.42 Å². The average molecular weight is 426 g/mol. The zero-order valence-electron chi connectivity index (χ0n) is 15.9. The molecule has 0 unspecified atom stereocenters. The van der Waals surface area contributed by atoms with Gasteiger partial charge in [0.05, 0.1) is 4.90 Å². The van der Waals surface area contributed by atoms with Crippen LogP contribution in [0.15, 0.2) is 23.1 Å². The Balaban J connectivity index is 1.36. The Hall–Kier alpha value is -1.58. The molecule has 0 amide bonds. The van der Waals surface area contributed by atoms with Crippen LogP contribution in [0.4, 0.5) is 0 Å². The van der Waals surface area contributed by atoms with Crippen molar-refractivity contribution in [1.82, 2.24) is 14.5 Å². The number of thiocarbonyl (C=S) groups is 1. The van der Waals surface area contributed by atoms with Crippen LogP contribution < -0.4 is 14.8 Å². The maximum Gasteiger partial charge on any atom is 0.243 e. The van der Waals surface area contributed by atoms with Crippen LogP contribution in [0.5, 0.6) is 11.5 Å². The van der Waals surface area contributed by atoms with Crippen molar-refractivity contribution in [2.24, 2.45) is 0 Å². The maximum atomic E-state index is 13.0. The van der Waals surface area contributed by atoms with Gasteiger partial charge >= 0.3 is 0 Å². The first-order valence-corrected chi connectivity index (χ1v) is 11.8. The topological polar surface area (TPSA) is 71.1 Å². The van der Waals surface area contributed by atoms with Crippen LogP contribution in [-0.4, -0.2) is 68.2 Å². The maximum absolute atomic E-state index is 13.0. The second kappa shape index (κ2) is 8.42. The SMILES string of the molecule is O=S(=O)(c1ccc2c(c1)OCCO2)N1CCN(C(=S)NC2CCCCC2)CC1. The quantitative estimate of drug-likeness (QED) is 0.743. The molecule has 2 aliphatic heterocycles. The number of nitrogens with zero attached hydrogens (tertiary/aromatic N) is 2. The fourth-order valence-electron chi connectivity index (χ4n) is 3.98. The van der Waals surface area contributed by atoms with Gasteiger partial charge in [0.2, 0.25) is 10.0 Å². The summed E-state index contributed by atoms with van der Waals surface area (Å²) in [7, 11) is -3.56. The summed E-state index contributed by atoms with van der Waals surface area (Å²) in [5, 5.41) is 4.22. The molecule has 2 heterocycles. The van der Waals surface area contributed by atoms with Crippen LogP contribution in [0.2, 0.25) is 0 Å². The van der Waals surface area contributed by atoms with Gasteiger partial charge in [-0.1, -0.05) is 19.3 Å². The van der Waals surface area contributed by atoms with Crippen LogP contribution in [0.3, 0.4) is 0 Å². The molecule has 154 valence electrons. The van der Waals surface area contributed by atoms with E-state index in [2.05, 4.69) is 10.2 Å². The Kier molecular flexibility index (Phi) is 5.93. The molecule has 1 saturated heterocycles. The highest BCUT2D eigenvalue weighted by molar-refractivity contribution is 7.89. The molecule has 3 aliphatic rings. The van der Waals surface area contributed by atoms with E-state index in [1.807, 2.05) is 0 Å². The van der Waals surface area contributed by atoms with Crippen LogP contribution in [0, 0.1) is 0 Å². The Bertz CT molecular complexity index is 816. The van der Waals surface area contributed by atoms with Gasteiger partial charge in [0, 0.05) is 38.3 Å². The summed E-state index contributed by atoms with van der Waals surface area (Å²) in [6.45, 7) is 2.95. The smallest absolute Gasteiger partial charge is 0.243 e. The van der Waals surface area contributed by atoms with Gasteiger partial charge in [0.1, 0.15) is 13.2 Å². The minimum absolute atomic E-state index is 0.244. The Labute approximate surface area is 172 Å². The first kappa shape index (κ1) is 19.7. The lowest BCUT2D eigenvalue weighted by Crippen LogP contribution is -2.54. The predicted octanol–water partition coefficient (Wildman–Crippen LogP) is 1.97. The minimum Gasteiger partial charge on any atom is -0.486 e. The molecule has 7 nitrogen and oxygen atoms in total. The number of ether oxygens (including phenoxy) is 2. The van der Waals surface area contributed by atoms with Crippen molar-refractivity contribution in [2.45, 2.75) is 43.0 Å². The fraction of sp³-hybridized carbons (Fsp3) is 0.632. The van der Waals surface area contributed by atoms with Gasteiger partial charge in [0.15, 0.2) is 16.6 Å². The third-order valence-corrected chi connectivity index (χ3v) is 7.88. The van der Waals surface area contributed by atoms with Crippen LogP contribution in [-0.2, 0) is 10.0 Å². The van der Waals surface area contributed by atoms with Gasteiger partial charge in [-0.15, -0.1) is 0 Å². The molecule has 28 heavy (non-hydrogen) atoms. The van der Waals surface area contributed by atoms with Crippen molar-refractivity contribution in [3.05, 3.63) is 18.2 Å². The Morgan fingerprint density at radius 2 is 1.68 bits per heavy atom. The van der Waals surface area contributed by atoms with Crippen molar-refractivity contribution >= 4 is 27.4 Å². The fourth-order valence-corrected chi connectivity index (χ4v) is 5.76. The lowest BCUT2D eigenvalue weighted by molar-refractivity contribution is 0.171. The third kappa shape index (κ3) is 4.21. The highest BCUT2D eigenvalue weighted by atomic mass is 32.2. The molecule has 0 radical (unpaired) electrons. The molecule has 1 aromatic rings. The van der Waals surface area contributed by atoms with E-state index < -0.39 is 10.0 Å². The Morgan fingerprint density at radius 3 is 2.39 bits per heavy atom. The van der Waals surface area contributed by atoms with Gasteiger partial charge in [-0.3, -0.25) is 0 Å². The van der Waals surface area contributed by atoms with Crippen molar-refractivity contribution in [1.29, 1.82) is 0 Å². The minimum atomic E-state index is -3.56. The van der Waals surface area contributed by atoms with E-state index >= 15 is 0 Å². The lowest BCUT2D eigenvalue weighted by atomic mass is 9.96. The van der Waals surface area contributed by atoms with Crippen molar-refractivity contribution in [3.8, 4) is 11.5 Å². The molecule has 2 fully saturated rings. The number of sulfonamides is 1. The van der Waals surface area contributed by atoms with E-state index in [4.69, 9.17) is 21.7 Å². The summed E-state index contributed by atoms with van der Waals surface area (Å²) in [5.41, 5.74) is 0. The largest absolute Gasteiger partial charge is 0.486 e. The molecule has 1 aliphatic carbocycles. The third-order valence-electron chi connectivity index (χ3n) is 5.61. The summed E-state index contributed by atoms with van der Waals surface area (Å²) in [6, 6.07) is 5.28. The number of rotatable bonds is 3. The number of hydrogen-bond donors (Lipinski definition) is 1. The van der Waals surface area contributed by atoms with Crippen LogP contribution in [0.25, 0.3) is 0 Å². The average Bonchev–Trinajstić information content (AvgIpc) is 2.74.